The summed E-state index contributed by atoms with van der Waals surface area (Å²) in [6, 6.07) is 14.5. The molecule has 3 aromatic rings. The van der Waals surface area contributed by atoms with Crippen LogP contribution >= 0.6 is 11.6 Å². The number of rotatable bonds is 5. The lowest BCUT2D eigenvalue weighted by atomic mass is 9.87. The zero-order valence-corrected chi connectivity index (χ0v) is 20.3. The minimum absolute atomic E-state index is 0.00277. The number of anilines is 3. The monoisotopic (exact) mass is 477 g/mol. The number of aromatic nitrogens is 2. The van der Waals surface area contributed by atoms with Gasteiger partial charge in [-0.1, -0.05) is 56.6 Å². The summed E-state index contributed by atoms with van der Waals surface area (Å²) in [6.45, 7) is 8.08. The SMILES string of the molecule is CC(C)(C)c1ccc(C(=O)Nc2ccccc2NC(=O)c2nc(N3CCCC3)ncc2Cl)cc1. The Hall–Kier alpha value is -3.45. The molecule has 176 valence electrons. The van der Waals surface area contributed by atoms with Crippen molar-refractivity contribution in [2.24, 2.45) is 0 Å². The molecule has 2 amide bonds. The molecule has 0 unspecified atom stereocenters. The first-order chi connectivity index (χ1) is 16.2. The maximum absolute atomic E-state index is 13.0. The molecule has 1 aliphatic heterocycles. The Bertz CT molecular complexity index is 1200. The predicted molar refractivity (Wildman–Crippen MR) is 136 cm³/mol. The second kappa shape index (κ2) is 9.81. The molecular weight excluding hydrogens is 450 g/mol. The third-order valence-corrected chi connectivity index (χ3v) is 6.05. The van der Waals surface area contributed by atoms with Crippen LogP contribution in [0.4, 0.5) is 17.3 Å². The van der Waals surface area contributed by atoms with Gasteiger partial charge in [-0.2, -0.15) is 0 Å². The third-order valence-electron chi connectivity index (χ3n) is 5.77. The van der Waals surface area contributed by atoms with E-state index in [4.69, 9.17) is 11.6 Å². The van der Waals surface area contributed by atoms with Crippen LogP contribution in [-0.2, 0) is 5.41 Å². The molecule has 2 N–H and O–H groups in total. The fraction of sp³-hybridized carbons (Fsp3) is 0.308. The molecule has 0 spiro atoms. The average Bonchev–Trinajstić information content (AvgIpc) is 3.35. The molecule has 1 aromatic heterocycles. The molecule has 1 aliphatic rings. The van der Waals surface area contributed by atoms with Crippen molar-refractivity contribution in [3.63, 3.8) is 0 Å². The second-order valence-electron chi connectivity index (χ2n) is 9.34. The topological polar surface area (TPSA) is 87.2 Å². The molecule has 0 saturated carbocycles. The number of nitrogens with one attached hydrogen (secondary N) is 2. The molecule has 0 aliphatic carbocycles. The first-order valence-corrected chi connectivity index (χ1v) is 11.7. The molecule has 0 bridgehead atoms. The van der Waals surface area contributed by atoms with E-state index >= 15 is 0 Å². The first-order valence-electron chi connectivity index (χ1n) is 11.3. The smallest absolute Gasteiger partial charge is 0.276 e. The van der Waals surface area contributed by atoms with Crippen LogP contribution in [0, 0.1) is 0 Å². The summed E-state index contributed by atoms with van der Waals surface area (Å²) < 4.78 is 0. The highest BCUT2D eigenvalue weighted by Gasteiger charge is 2.21. The van der Waals surface area contributed by atoms with Crippen LogP contribution in [0.1, 0.15) is 60.0 Å². The van der Waals surface area contributed by atoms with E-state index in [1.807, 2.05) is 17.0 Å². The average molecular weight is 478 g/mol. The standard InChI is InChI=1S/C26H28ClN5O2/c1-26(2,3)18-12-10-17(11-13-18)23(33)29-20-8-4-5-9-21(20)30-24(34)22-19(27)16-28-25(31-22)32-14-6-7-15-32/h4-5,8-13,16H,6-7,14-15H2,1-3H3,(H,29,33)(H,30,34). The quantitative estimate of drug-likeness (QED) is 0.504. The summed E-state index contributed by atoms with van der Waals surface area (Å²) in [7, 11) is 0. The number of hydrogen-bond acceptors (Lipinski definition) is 5. The number of carbonyl (C=O) groups excluding carboxylic acids is 2. The Morgan fingerprint density at radius 2 is 1.50 bits per heavy atom. The Labute approximate surface area is 204 Å². The van der Waals surface area contributed by atoms with E-state index in [1.165, 1.54) is 6.20 Å². The van der Waals surface area contributed by atoms with E-state index < -0.39 is 5.91 Å². The summed E-state index contributed by atoms with van der Waals surface area (Å²) in [4.78, 5) is 36.6. The lowest BCUT2D eigenvalue weighted by Gasteiger charge is -2.19. The lowest BCUT2D eigenvalue weighted by molar-refractivity contribution is 0.101. The lowest BCUT2D eigenvalue weighted by Crippen LogP contribution is -2.23. The Morgan fingerprint density at radius 3 is 2.09 bits per heavy atom. The first kappa shape index (κ1) is 23.7. The van der Waals surface area contributed by atoms with Crippen molar-refractivity contribution in [2.75, 3.05) is 28.6 Å². The van der Waals surface area contributed by atoms with E-state index in [0.29, 0.717) is 22.9 Å². The number of nitrogens with zero attached hydrogens (tertiary/aromatic N) is 3. The molecule has 2 heterocycles. The van der Waals surface area contributed by atoms with Crippen molar-refractivity contribution in [2.45, 2.75) is 39.0 Å². The van der Waals surface area contributed by atoms with Gasteiger partial charge in [0.1, 0.15) is 0 Å². The Kier molecular flexibility index (Phi) is 6.84. The molecule has 34 heavy (non-hydrogen) atoms. The van der Waals surface area contributed by atoms with Crippen LogP contribution in [0.25, 0.3) is 0 Å². The summed E-state index contributed by atoms with van der Waals surface area (Å²) in [5.74, 6) is -0.241. The van der Waals surface area contributed by atoms with Crippen LogP contribution < -0.4 is 15.5 Å². The van der Waals surface area contributed by atoms with Crippen LogP contribution in [0.3, 0.4) is 0 Å². The van der Waals surface area contributed by atoms with Gasteiger partial charge < -0.3 is 15.5 Å². The molecule has 4 rings (SSSR count). The maximum atomic E-state index is 13.0. The zero-order chi connectivity index (χ0) is 24.3. The van der Waals surface area contributed by atoms with E-state index in [0.717, 1.165) is 31.5 Å². The Morgan fingerprint density at radius 1 is 0.912 bits per heavy atom. The van der Waals surface area contributed by atoms with Crippen LogP contribution in [-0.4, -0.2) is 34.9 Å². The minimum Gasteiger partial charge on any atom is -0.341 e. The summed E-state index contributed by atoms with van der Waals surface area (Å²) in [6.07, 6.45) is 3.59. The number of hydrogen-bond donors (Lipinski definition) is 2. The van der Waals surface area contributed by atoms with Crippen molar-refractivity contribution in [1.29, 1.82) is 0 Å². The van der Waals surface area contributed by atoms with E-state index in [9.17, 15) is 9.59 Å². The van der Waals surface area contributed by atoms with Gasteiger partial charge in [0.2, 0.25) is 5.95 Å². The Balaban J connectivity index is 1.51. The summed E-state index contributed by atoms with van der Waals surface area (Å²) in [5.41, 5.74) is 2.70. The normalized spacial score (nSPS) is 13.6. The predicted octanol–water partition coefficient (Wildman–Crippen LogP) is 5.53. The van der Waals surface area contributed by atoms with Gasteiger partial charge in [-0.25, -0.2) is 9.97 Å². The summed E-state index contributed by atoms with van der Waals surface area (Å²) >= 11 is 6.24. The molecule has 2 aromatic carbocycles. The van der Waals surface area contributed by atoms with Crippen LogP contribution in [0.5, 0.6) is 0 Å². The van der Waals surface area contributed by atoms with Gasteiger partial charge in [-0.05, 0) is 48.1 Å². The third kappa shape index (κ3) is 5.37. The minimum atomic E-state index is -0.468. The maximum Gasteiger partial charge on any atom is 0.276 e. The van der Waals surface area contributed by atoms with Gasteiger partial charge in [0.05, 0.1) is 22.6 Å². The molecule has 8 heteroatoms. The number of halogens is 1. The highest BCUT2D eigenvalue weighted by Crippen LogP contribution is 2.26. The summed E-state index contributed by atoms with van der Waals surface area (Å²) in [5, 5.41) is 5.88. The highest BCUT2D eigenvalue weighted by molar-refractivity contribution is 6.34. The van der Waals surface area contributed by atoms with E-state index in [1.54, 1.807) is 36.4 Å². The van der Waals surface area contributed by atoms with Gasteiger partial charge in [-0.3, -0.25) is 9.59 Å². The molecule has 1 saturated heterocycles. The van der Waals surface area contributed by atoms with E-state index in [-0.39, 0.29) is 22.0 Å². The highest BCUT2D eigenvalue weighted by atomic mass is 35.5. The zero-order valence-electron chi connectivity index (χ0n) is 19.6. The van der Waals surface area contributed by atoms with Crippen molar-refractivity contribution in [1.82, 2.24) is 9.97 Å². The van der Waals surface area contributed by atoms with Gasteiger partial charge in [0.25, 0.3) is 11.8 Å². The van der Waals surface area contributed by atoms with Crippen molar-refractivity contribution >= 4 is 40.7 Å². The van der Waals surface area contributed by atoms with Crippen molar-refractivity contribution < 1.29 is 9.59 Å². The van der Waals surface area contributed by atoms with E-state index in [2.05, 4.69) is 41.4 Å². The molecule has 7 nitrogen and oxygen atoms in total. The van der Waals surface area contributed by atoms with Crippen molar-refractivity contribution in [3.8, 4) is 0 Å². The van der Waals surface area contributed by atoms with Crippen LogP contribution in [0.2, 0.25) is 5.02 Å². The van der Waals surface area contributed by atoms with Crippen LogP contribution in [0.15, 0.2) is 54.7 Å². The van der Waals surface area contributed by atoms with Gasteiger partial charge in [0.15, 0.2) is 5.69 Å². The van der Waals surface area contributed by atoms with Gasteiger partial charge >= 0.3 is 0 Å². The fourth-order valence-electron chi connectivity index (χ4n) is 3.79. The molecular formula is C26H28ClN5O2. The number of benzene rings is 2. The molecule has 1 fully saturated rings. The van der Waals surface area contributed by atoms with Gasteiger partial charge in [-0.15, -0.1) is 0 Å². The van der Waals surface area contributed by atoms with Crippen molar-refractivity contribution in [3.05, 3.63) is 76.6 Å². The van der Waals surface area contributed by atoms with Gasteiger partial charge in [0, 0.05) is 18.7 Å². The number of carbonyl (C=O) groups is 2. The largest absolute Gasteiger partial charge is 0.341 e. The second-order valence-corrected chi connectivity index (χ2v) is 9.75. The number of amides is 2. The fourth-order valence-corrected chi connectivity index (χ4v) is 3.96. The molecule has 0 radical (unpaired) electrons. The number of para-hydroxylation sites is 2. The molecule has 0 atom stereocenters.